The van der Waals surface area contributed by atoms with Crippen molar-refractivity contribution in [1.29, 1.82) is 0 Å². The average Bonchev–Trinajstić information content (AvgIpc) is 3.28. The quantitative estimate of drug-likeness (QED) is 0.450. The van der Waals surface area contributed by atoms with E-state index in [4.69, 9.17) is 4.98 Å². The fraction of sp³-hybridized carbons (Fsp3) is 0.192. The summed E-state index contributed by atoms with van der Waals surface area (Å²) in [4.78, 5) is 14.1. The molecule has 0 amide bonds. The maximum absolute atomic E-state index is 4.80. The number of hydrogen-bond donors (Lipinski definition) is 1. The molecule has 33 heavy (non-hydrogen) atoms. The van der Waals surface area contributed by atoms with Gasteiger partial charge in [0.15, 0.2) is 5.65 Å². The summed E-state index contributed by atoms with van der Waals surface area (Å²) in [5, 5.41) is 11.2. The summed E-state index contributed by atoms with van der Waals surface area (Å²) in [5.74, 6) is 0.553. The first-order valence-corrected chi connectivity index (χ1v) is 11.2. The molecule has 0 aliphatic carbocycles. The van der Waals surface area contributed by atoms with Gasteiger partial charge in [0.25, 0.3) is 0 Å². The zero-order valence-corrected chi connectivity index (χ0v) is 18.5. The number of nitrogens with zero attached hydrogens (tertiary/aromatic N) is 6. The molecule has 3 heterocycles. The van der Waals surface area contributed by atoms with Crippen molar-refractivity contribution in [3.05, 3.63) is 79.1 Å². The second-order valence-corrected chi connectivity index (χ2v) is 8.49. The molecule has 3 aromatic carbocycles. The third-order valence-electron chi connectivity index (χ3n) is 6.30. The highest BCUT2D eigenvalue weighted by Crippen LogP contribution is 2.26. The molecule has 1 saturated heterocycles. The highest BCUT2D eigenvalue weighted by atomic mass is 15.3. The Hall–Kier alpha value is -3.97. The Morgan fingerprint density at radius 2 is 1.58 bits per heavy atom. The van der Waals surface area contributed by atoms with Crippen molar-refractivity contribution in [3.63, 3.8) is 0 Å². The van der Waals surface area contributed by atoms with E-state index >= 15 is 0 Å². The molecule has 6 rings (SSSR count). The SMILES string of the molecule is CN1CCN(c2ccc(Nc3ncc4cnn(-c5cccc6ccccc56)c4n3)cc2)CC1. The van der Waals surface area contributed by atoms with Crippen molar-refractivity contribution >= 4 is 39.1 Å². The largest absolute Gasteiger partial charge is 0.369 e. The Morgan fingerprint density at radius 1 is 0.788 bits per heavy atom. The van der Waals surface area contributed by atoms with Crippen LogP contribution in [0, 0.1) is 0 Å². The maximum Gasteiger partial charge on any atom is 0.229 e. The minimum absolute atomic E-state index is 0.553. The molecule has 1 aliphatic heterocycles. The smallest absolute Gasteiger partial charge is 0.229 e. The number of hydrogen-bond acceptors (Lipinski definition) is 6. The zero-order valence-electron chi connectivity index (χ0n) is 18.5. The second kappa shape index (κ2) is 8.18. The van der Waals surface area contributed by atoms with Crippen LogP contribution in [0.2, 0.25) is 0 Å². The zero-order chi connectivity index (χ0) is 22.2. The lowest BCUT2D eigenvalue weighted by atomic mass is 10.1. The minimum Gasteiger partial charge on any atom is -0.369 e. The minimum atomic E-state index is 0.553. The average molecular weight is 436 g/mol. The van der Waals surface area contributed by atoms with Crippen molar-refractivity contribution < 1.29 is 0 Å². The molecule has 1 fully saturated rings. The van der Waals surface area contributed by atoms with E-state index in [0.717, 1.165) is 54.0 Å². The fourth-order valence-electron chi connectivity index (χ4n) is 4.40. The van der Waals surface area contributed by atoms with Crippen LogP contribution in [0.4, 0.5) is 17.3 Å². The van der Waals surface area contributed by atoms with E-state index in [-0.39, 0.29) is 0 Å². The third-order valence-corrected chi connectivity index (χ3v) is 6.30. The van der Waals surface area contributed by atoms with Gasteiger partial charge in [-0.05, 0) is 42.8 Å². The van der Waals surface area contributed by atoms with Crippen molar-refractivity contribution in [2.45, 2.75) is 0 Å². The van der Waals surface area contributed by atoms with Gasteiger partial charge in [0.2, 0.25) is 5.95 Å². The van der Waals surface area contributed by atoms with Gasteiger partial charge < -0.3 is 15.1 Å². The van der Waals surface area contributed by atoms with Crippen LogP contribution in [-0.2, 0) is 0 Å². The maximum atomic E-state index is 4.80. The molecule has 1 aliphatic rings. The summed E-state index contributed by atoms with van der Waals surface area (Å²) < 4.78 is 1.89. The highest BCUT2D eigenvalue weighted by Gasteiger charge is 2.14. The molecule has 0 atom stereocenters. The molecule has 0 bridgehead atoms. The molecule has 164 valence electrons. The van der Waals surface area contributed by atoms with Crippen LogP contribution in [0.1, 0.15) is 0 Å². The molecular formula is C26H25N7. The van der Waals surface area contributed by atoms with E-state index in [9.17, 15) is 0 Å². The van der Waals surface area contributed by atoms with E-state index < -0.39 is 0 Å². The summed E-state index contributed by atoms with van der Waals surface area (Å²) in [6.07, 6.45) is 3.63. The Bertz CT molecular complexity index is 1410. The van der Waals surface area contributed by atoms with Crippen LogP contribution >= 0.6 is 0 Å². The summed E-state index contributed by atoms with van der Waals surface area (Å²) in [5.41, 5.74) is 3.99. The number of benzene rings is 3. The van der Waals surface area contributed by atoms with Gasteiger partial charge >= 0.3 is 0 Å². The first-order chi connectivity index (χ1) is 16.2. The summed E-state index contributed by atoms with van der Waals surface area (Å²) in [7, 11) is 2.17. The molecule has 5 aromatic rings. The predicted octanol–water partition coefficient (Wildman–Crippen LogP) is 4.46. The standard InChI is InChI=1S/C26H25N7/c1-31-13-15-32(16-14-31)22-11-9-21(10-12-22)29-26-27-17-20-18-28-33(25(20)30-26)24-8-4-6-19-5-2-3-7-23(19)24/h2-12,17-18H,13-16H2,1H3,(H,27,29,30). The van der Waals surface area contributed by atoms with E-state index in [0.29, 0.717) is 5.95 Å². The Morgan fingerprint density at radius 3 is 2.42 bits per heavy atom. The first kappa shape index (κ1) is 19.7. The molecule has 7 nitrogen and oxygen atoms in total. The number of rotatable bonds is 4. The van der Waals surface area contributed by atoms with Gasteiger partial charge in [-0.2, -0.15) is 10.1 Å². The number of aromatic nitrogens is 4. The molecule has 0 spiro atoms. The van der Waals surface area contributed by atoms with E-state index in [1.54, 1.807) is 0 Å². The number of anilines is 3. The van der Waals surface area contributed by atoms with Crippen molar-refractivity contribution in [2.75, 3.05) is 43.4 Å². The van der Waals surface area contributed by atoms with Gasteiger partial charge in [0.05, 0.1) is 17.3 Å². The topological polar surface area (TPSA) is 62.1 Å². The summed E-state index contributed by atoms with van der Waals surface area (Å²) >= 11 is 0. The Labute approximate surface area is 192 Å². The number of nitrogens with one attached hydrogen (secondary N) is 1. The lowest BCUT2D eigenvalue weighted by Crippen LogP contribution is -2.44. The number of likely N-dealkylation sites (N-methyl/N-ethyl adjacent to an activating group) is 1. The van der Waals surface area contributed by atoms with Gasteiger partial charge in [-0.3, -0.25) is 0 Å². The normalized spacial score (nSPS) is 14.8. The van der Waals surface area contributed by atoms with Crippen LogP contribution in [0.5, 0.6) is 0 Å². The number of piperazine rings is 1. The van der Waals surface area contributed by atoms with Crippen LogP contribution in [0.25, 0.3) is 27.5 Å². The van der Waals surface area contributed by atoms with E-state index in [2.05, 4.69) is 80.8 Å². The van der Waals surface area contributed by atoms with Gasteiger partial charge in [-0.15, -0.1) is 0 Å². The molecule has 7 heteroatoms. The summed E-state index contributed by atoms with van der Waals surface area (Å²) in [6.45, 7) is 4.30. The summed E-state index contributed by atoms with van der Waals surface area (Å²) in [6, 6.07) is 23.0. The molecule has 2 aromatic heterocycles. The van der Waals surface area contributed by atoms with Crippen molar-refractivity contribution in [1.82, 2.24) is 24.6 Å². The molecular weight excluding hydrogens is 410 g/mol. The van der Waals surface area contributed by atoms with Crippen molar-refractivity contribution in [2.24, 2.45) is 0 Å². The molecule has 0 radical (unpaired) electrons. The molecule has 1 N–H and O–H groups in total. The molecule has 0 saturated carbocycles. The van der Waals surface area contributed by atoms with Gasteiger partial charge in [0.1, 0.15) is 0 Å². The third kappa shape index (κ3) is 3.76. The van der Waals surface area contributed by atoms with Gasteiger partial charge in [-0.25, -0.2) is 9.67 Å². The van der Waals surface area contributed by atoms with Crippen LogP contribution in [0.3, 0.4) is 0 Å². The van der Waals surface area contributed by atoms with Gasteiger partial charge in [-0.1, -0.05) is 36.4 Å². The van der Waals surface area contributed by atoms with E-state index in [1.807, 2.05) is 35.3 Å². The molecule has 0 unspecified atom stereocenters. The highest BCUT2D eigenvalue weighted by molar-refractivity contribution is 5.91. The fourth-order valence-corrected chi connectivity index (χ4v) is 4.40. The predicted molar refractivity (Wildman–Crippen MR) is 134 cm³/mol. The first-order valence-electron chi connectivity index (χ1n) is 11.2. The van der Waals surface area contributed by atoms with Crippen LogP contribution in [0.15, 0.2) is 79.1 Å². The lowest BCUT2D eigenvalue weighted by molar-refractivity contribution is 0.313. The Kier molecular flexibility index (Phi) is 4.88. The second-order valence-electron chi connectivity index (χ2n) is 8.49. The lowest BCUT2D eigenvalue weighted by Gasteiger charge is -2.34. The van der Waals surface area contributed by atoms with Gasteiger partial charge in [0, 0.05) is 49.1 Å². The van der Waals surface area contributed by atoms with E-state index in [1.165, 1.54) is 11.1 Å². The van der Waals surface area contributed by atoms with Crippen LogP contribution < -0.4 is 10.2 Å². The van der Waals surface area contributed by atoms with Crippen LogP contribution in [-0.4, -0.2) is 57.9 Å². The van der Waals surface area contributed by atoms with Crippen molar-refractivity contribution in [3.8, 4) is 5.69 Å². The monoisotopic (exact) mass is 435 g/mol. The Balaban J connectivity index is 1.29. The number of fused-ring (bicyclic) bond motifs is 2.